The number of hydrogen-bond acceptors (Lipinski definition) is 4. The summed E-state index contributed by atoms with van der Waals surface area (Å²) in [4.78, 5) is 2.64. The summed E-state index contributed by atoms with van der Waals surface area (Å²) in [5.41, 5.74) is 2.99. The van der Waals surface area contributed by atoms with E-state index in [0.29, 0.717) is 18.0 Å². The molecule has 2 saturated heterocycles. The van der Waals surface area contributed by atoms with Crippen LogP contribution in [-0.4, -0.2) is 49.8 Å². The molecule has 150 valence electrons. The van der Waals surface area contributed by atoms with Crippen molar-refractivity contribution >= 4 is 0 Å². The predicted molar refractivity (Wildman–Crippen MR) is 111 cm³/mol. The van der Waals surface area contributed by atoms with Crippen molar-refractivity contribution in [1.29, 1.82) is 0 Å². The first kappa shape index (κ1) is 19.4. The van der Waals surface area contributed by atoms with Crippen LogP contribution in [0.1, 0.15) is 50.2 Å². The highest BCUT2D eigenvalue weighted by Gasteiger charge is 2.34. The third-order valence-corrected chi connectivity index (χ3v) is 6.98. The van der Waals surface area contributed by atoms with Gasteiger partial charge in [0.15, 0.2) is 0 Å². The Hall–Kier alpha value is -0.940. The standard InChI is InChI=1S/C23H37N3O/c1-18-9-12-26(13-10-18)16-20-6-3-2-5-19(20)15-25-22-8-4-7-21(22)23-17-27-14-11-24-23/h2-3,5-6,18,21-25H,4,7-17H2,1H3. The van der Waals surface area contributed by atoms with E-state index >= 15 is 0 Å². The van der Waals surface area contributed by atoms with Gasteiger partial charge in [-0.15, -0.1) is 0 Å². The molecule has 1 aliphatic carbocycles. The lowest BCUT2D eigenvalue weighted by atomic mass is 9.93. The van der Waals surface area contributed by atoms with Crippen molar-refractivity contribution in [2.45, 2.75) is 64.2 Å². The van der Waals surface area contributed by atoms with E-state index in [2.05, 4.69) is 46.7 Å². The quantitative estimate of drug-likeness (QED) is 0.805. The first-order valence-electron chi connectivity index (χ1n) is 11.1. The summed E-state index contributed by atoms with van der Waals surface area (Å²) in [6, 6.07) is 10.2. The Balaban J connectivity index is 1.34. The number of morpholine rings is 1. The minimum absolute atomic E-state index is 0.532. The molecule has 1 aromatic carbocycles. The third-order valence-electron chi connectivity index (χ3n) is 6.98. The average Bonchev–Trinajstić information content (AvgIpc) is 3.18. The molecule has 0 aromatic heterocycles. The molecule has 2 aliphatic heterocycles. The number of nitrogens with zero attached hydrogens (tertiary/aromatic N) is 1. The normalized spacial score (nSPS) is 30.6. The van der Waals surface area contributed by atoms with Gasteiger partial charge in [0.25, 0.3) is 0 Å². The molecule has 4 nitrogen and oxygen atoms in total. The van der Waals surface area contributed by atoms with E-state index in [1.54, 1.807) is 0 Å². The van der Waals surface area contributed by atoms with Crippen molar-refractivity contribution in [3.63, 3.8) is 0 Å². The number of nitrogens with one attached hydrogen (secondary N) is 2. The van der Waals surface area contributed by atoms with Crippen molar-refractivity contribution in [1.82, 2.24) is 15.5 Å². The number of benzene rings is 1. The van der Waals surface area contributed by atoms with Crippen LogP contribution in [0.5, 0.6) is 0 Å². The van der Waals surface area contributed by atoms with Gasteiger partial charge in [0.2, 0.25) is 0 Å². The minimum atomic E-state index is 0.532. The highest BCUT2D eigenvalue weighted by Crippen LogP contribution is 2.30. The Bertz CT molecular complexity index is 579. The molecule has 3 unspecified atom stereocenters. The van der Waals surface area contributed by atoms with Gasteiger partial charge in [0.05, 0.1) is 13.2 Å². The van der Waals surface area contributed by atoms with Crippen LogP contribution in [0.2, 0.25) is 0 Å². The monoisotopic (exact) mass is 371 g/mol. The van der Waals surface area contributed by atoms with E-state index in [9.17, 15) is 0 Å². The molecular formula is C23H37N3O. The topological polar surface area (TPSA) is 36.5 Å². The molecule has 27 heavy (non-hydrogen) atoms. The average molecular weight is 372 g/mol. The smallest absolute Gasteiger partial charge is 0.0623 e. The largest absolute Gasteiger partial charge is 0.379 e. The predicted octanol–water partition coefficient (Wildman–Crippen LogP) is 3.17. The second-order valence-electron chi connectivity index (χ2n) is 8.95. The van der Waals surface area contributed by atoms with Gasteiger partial charge in [-0.1, -0.05) is 37.6 Å². The number of likely N-dealkylation sites (tertiary alicyclic amines) is 1. The summed E-state index contributed by atoms with van der Waals surface area (Å²) in [6.07, 6.45) is 6.66. The third kappa shape index (κ3) is 5.11. The molecule has 1 saturated carbocycles. The van der Waals surface area contributed by atoms with Crippen LogP contribution in [-0.2, 0) is 17.8 Å². The molecule has 3 fully saturated rings. The van der Waals surface area contributed by atoms with Gasteiger partial charge in [-0.05, 0) is 61.7 Å². The van der Waals surface area contributed by atoms with E-state index in [0.717, 1.165) is 38.8 Å². The van der Waals surface area contributed by atoms with Crippen molar-refractivity contribution in [3.05, 3.63) is 35.4 Å². The molecule has 0 bridgehead atoms. The first-order valence-corrected chi connectivity index (χ1v) is 11.1. The van der Waals surface area contributed by atoms with Crippen molar-refractivity contribution < 1.29 is 4.74 Å². The van der Waals surface area contributed by atoms with E-state index in [1.165, 1.54) is 56.3 Å². The highest BCUT2D eigenvalue weighted by atomic mass is 16.5. The molecule has 1 aromatic rings. The summed E-state index contributed by atoms with van der Waals surface area (Å²) < 4.78 is 5.72. The molecule has 0 amide bonds. The van der Waals surface area contributed by atoms with Gasteiger partial charge in [0, 0.05) is 31.7 Å². The Morgan fingerprint density at radius 3 is 2.70 bits per heavy atom. The van der Waals surface area contributed by atoms with Crippen LogP contribution in [0.4, 0.5) is 0 Å². The Morgan fingerprint density at radius 2 is 1.93 bits per heavy atom. The zero-order valence-electron chi connectivity index (χ0n) is 17.0. The van der Waals surface area contributed by atoms with Crippen LogP contribution < -0.4 is 10.6 Å². The highest BCUT2D eigenvalue weighted by molar-refractivity contribution is 5.27. The number of rotatable bonds is 6. The maximum Gasteiger partial charge on any atom is 0.0623 e. The van der Waals surface area contributed by atoms with Gasteiger partial charge in [-0.25, -0.2) is 0 Å². The van der Waals surface area contributed by atoms with Crippen LogP contribution in [0.3, 0.4) is 0 Å². The molecule has 0 spiro atoms. The van der Waals surface area contributed by atoms with E-state index in [1.807, 2.05) is 0 Å². The number of piperidine rings is 1. The second kappa shape index (κ2) is 9.51. The second-order valence-corrected chi connectivity index (χ2v) is 8.95. The van der Waals surface area contributed by atoms with Crippen molar-refractivity contribution in [2.24, 2.45) is 11.8 Å². The van der Waals surface area contributed by atoms with Crippen molar-refractivity contribution in [2.75, 3.05) is 32.8 Å². The molecule has 3 atom stereocenters. The number of ether oxygens (including phenoxy) is 1. The van der Waals surface area contributed by atoms with Gasteiger partial charge in [0.1, 0.15) is 0 Å². The van der Waals surface area contributed by atoms with Crippen LogP contribution >= 0.6 is 0 Å². The Morgan fingerprint density at radius 1 is 1.11 bits per heavy atom. The molecular weight excluding hydrogens is 334 g/mol. The van der Waals surface area contributed by atoms with Crippen LogP contribution in [0.25, 0.3) is 0 Å². The molecule has 2 heterocycles. The lowest BCUT2D eigenvalue weighted by molar-refractivity contribution is 0.0524. The van der Waals surface area contributed by atoms with Crippen LogP contribution in [0, 0.1) is 11.8 Å². The van der Waals surface area contributed by atoms with Gasteiger partial charge in [-0.3, -0.25) is 4.90 Å². The lowest BCUT2D eigenvalue weighted by Gasteiger charge is -2.33. The Kier molecular flexibility index (Phi) is 6.82. The fourth-order valence-corrected chi connectivity index (χ4v) is 5.17. The summed E-state index contributed by atoms with van der Waals surface area (Å²) in [5.74, 6) is 1.61. The number of hydrogen-bond donors (Lipinski definition) is 2. The fourth-order valence-electron chi connectivity index (χ4n) is 5.17. The molecule has 4 heteroatoms. The van der Waals surface area contributed by atoms with E-state index in [-0.39, 0.29) is 0 Å². The van der Waals surface area contributed by atoms with Crippen LogP contribution in [0.15, 0.2) is 24.3 Å². The lowest BCUT2D eigenvalue weighted by Crippen LogP contribution is -2.50. The van der Waals surface area contributed by atoms with Gasteiger partial charge < -0.3 is 15.4 Å². The first-order chi connectivity index (χ1) is 13.3. The SMILES string of the molecule is CC1CCN(Cc2ccccc2CNC2CCCC2C2COCCN2)CC1. The Labute approximate surface area is 165 Å². The zero-order chi connectivity index (χ0) is 18.5. The zero-order valence-corrected chi connectivity index (χ0v) is 17.0. The van der Waals surface area contributed by atoms with Crippen molar-refractivity contribution in [3.8, 4) is 0 Å². The van der Waals surface area contributed by atoms with E-state index < -0.39 is 0 Å². The molecule has 2 N–H and O–H groups in total. The molecule has 0 radical (unpaired) electrons. The maximum atomic E-state index is 5.72. The summed E-state index contributed by atoms with van der Waals surface area (Å²) in [5, 5.41) is 7.60. The molecule has 3 aliphatic rings. The van der Waals surface area contributed by atoms with E-state index in [4.69, 9.17) is 4.74 Å². The molecule has 4 rings (SSSR count). The van der Waals surface area contributed by atoms with Gasteiger partial charge >= 0.3 is 0 Å². The summed E-state index contributed by atoms with van der Waals surface area (Å²) in [7, 11) is 0. The fraction of sp³-hybridized carbons (Fsp3) is 0.739. The minimum Gasteiger partial charge on any atom is -0.379 e. The summed E-state index contributed by atoms with van der Waals surface area (Å²) in [6.45, 7) is 9.75. The maximum absolute atomic E-state index is 5.72. The summed E-state index contributed by atoms with van der Waals surface area (Å²) >= 11 is 0. The van der Waals surface area contributed by atoms with Gasteiger partial charge in [-0.2, -0.15) is 0 Å².